The average Bonchev–Trinajstić information content (AvgIpc) is 3.26. The Morgan fingerprint density at radius 3 is 2.70 bits per heavy atom. The van der Waals surface area contributed by atoms with Crippen molar-refractivity contribution in [3.63, 3.8) is 0 Å². The number of fused-ring (bicyclic) bond motifs is 1. The number of ketones is 1. The number of halogens is 1. The van der Waals surface area contributed by atoms with E-state index in [-0.39, 0.29) is 5.56 Å². The first-order chi connectivity index (χ1) is 16.1. The second-order valence-corrected chi connectivity index (χ2v) is 8.58. The molecule has 4 aromatic rings. The van der Waals surface area contributed by atoms with Crippen molar-refractivity contribution >= 4 is 22.6 Å². The molecule has 168 valence electrons. The van der Waals surface area contributed by atoms with Crippen LogP contribution in [0.5, 0.6) is 0 Å². The first-order valence-electron chi connectivity index (χ1n) is 11.3. The van der Waals surface area contributed by atoms with Crippen molar-refractivity contribution in [1.29, 1.82) is 0 Å². The third-order valence-electron chi connectivity index (χ3n) is 6.17. The molecule has 0 radical (unpaired) electrons. The molecule has 7 nitrogen and oxygen atoms in total. The van der Waals surface area contributed by atoms with Gasteiger partial charge in [0.1, 0.15) is 17.8 Å². The van der Waals surface area contributed by atoms with Gasteiger partial charge in [-0.1, -0.05) is 25.3 Å². The summed E-state index contributed by atoms with van der Waals surface area (Å²) in [4.78, 5) is 33.3. The van der Waals surface area contributed by atoms with Gasteiger partial charge in [-0.2, -0.15) is 4.39 Å². The highest BCUT2D eigenvalue weighted by molar-refractivity contribution is 6.18. The number of rotatable bonds is 6. The molecule has 0 atom stereocenters. The summed E-state index contributed by atoms with van der Waals surface area (Å²) in [5, 5.41) is 4.06. The molecule has 1 fully saturated rings. The Morgan fingerprint density at radius 2 is 1.94 bits per heavy atom. The summed E-state index contributed by atoms with van der Waals surface area (Å²) in [5.74, 6) is -0.629. The number of hydrogen-bond acceptors (Lipinski definition) is 6. The first-order valence-corrected chi connectivity index (χ1v) is 11.3. The number of nitrogens with zero attached hydrogens (tertiary/aromatic N) is 4. The molecular formula is C25H25FN6O. The molecule has 8 heteroatoms. The SMILES string of the molecule is Cc1ccc(Cc2ccc(C(=O)c3c[nH]c4ncnc(NC5CCCCC5)c34)c(F)n2)cn1. The van der Waals surface area contributed by atoms with Crippen molar-refractivity contribution in [2.45, 2.75) is 51.5 Å². The summed E-state index contributed by atoms with van der Waals surface area (Å²) in [7, 11) is 0. The Balaban J connectivity index is 1.43. The standard InChI is InChI=1S/C25H25FN6O/c1-15-7-8-16(12-27-15)11-18-9-10-19(23(26)31-18)22(33)20-13-28-24-21(20)25(30-14-29-24)32-17-5-3-2-4-6-17/h7-10,12-14,17H,2-6,11H2,1H3,(H2,28,29,30,32). The molecule has 0 aliphatic heterocycles. The first kappa shape index (κ1) is 21.2. The van der Waals surface area contributed by atoms with E-state index in [1.807, 2.05) is 19.1 Å². The molecule has 0 unspecified atom stereocenters. The predicted molar refractivity (Wildman–Crippen MR) is 124 cm³/mol. The topological polar surface area (TPSA) is 96.5 Å². The summed E-state index contributed by atoms with van der Waals surface area (Å²) >= 11 is 0. The van der Waals surface area contributed by atoms with Crippen LogP contribution in [0.1, 0.15) is 65.0 Å². The molecule has 0 bridgehead atoms. The number of anilines is 1. The van der Waals surface area contributed by atoms with Gasteiger partial charge in [0.25, 0.3) is 0 Å². The van der Waals surface area contributed by atoms with Crippen LogP contribution in [-0.4, -0.2) is 36.7 Å². The highest BCUT2D eigenvalue weighted by atomic mass is 19.1. The van der Waals surface area contributed by atoms with Gasteiger partial charge in [0.2, 0.25) is 5.95 Å². The minimum Gasteiger partial charge on any atom is -0.367 e. The number of carbonyl (C=O) groups excluding carboxylic acids is 1. The van der Waals surface area contributed by atoms with E-state index in [2.05, 4.69) is 30.2 Å². The number of carbonyl (C=O) groups is 1. The van der Waals surface area contributed by atoms with Crippen LogP contribution in [0.25, 0.3) is 11.0 Å². The lowest BCUT2D eigenvalue weighted by atomic mass is 9.95. The monoisotopic (exact) mass is 444 g/mol. The molecule has 1 aliphatic carbocycles. The van der Waals surface area contributed by atoms with Gasteiger partial charge in [-0.25, -0.2) is 15.0 Å². The van der Waals surface area contributed by atoms with Crippen molar-refractivity contribution < 1.29 is 9.18 Å². The van der Waals surface area contributed by atoms with E-state index in [1.165, 1.54) is 31.7 Å². The van der Waals surface area contributed by atoms with Gasteiger partial charge in [0, 0.05) is 36.2 Å². The largest absolute Gasteiger partial charge is 0.367 e. The van der Waals surface area contributed by atoms with Gasteiger partial charge in [0.15, 0.2) is 5.78 Å². The Bertz CT molecular complexity index is 1290. The van der Waals surface area contributed by atoms with E-state index in [4.69, 9.17) is 0 Å². The summed E-state index contributed by atoms with van der Waals surface area (Å²) in [5.41, 5.74) is 3.19. The highest BCUT2D eigenvalue weighted by Gasteiger charge is 2.23. The van der Waals surface area contributed by atoms with E-state index in [1.54, 1.807) is 18.5 Å². The predicted octanol–water partition coefficient (Wildman–Crippen LogP) is 4.76. The Labute approximate surface area is 190 Å². The maximum Gasteiger partial charge on any atom is 0.224 e. The number of aryl methyl sites for hydroxylation is 1. The smallest absolute Gasteiger partial charge is 0.224 e. The number of aromatic nitrogens is 5. The molecule has 33 heavy (non-hydrogen) atoms. The minimum absolute atomic E-state index is 0.0749. The molecule has 1 saturated carbocycles. The Morgan fingerprint density at radius 1 is 1.09 bits per heavy atom. The van der Waals surface area contributed by atoms with Crippen molar-refractivity contribution in [3.05, 3.63) is 77.0 Å². The molecule has 5 rings (SSSR count). The van der Waals surface area contributed by atoms with E-state index >= 15 is 0 Å². The van der Waals surface area contributed by atoms with Gasteiger partial charge >= 0.3 is 0 Å². The normalized spacial score (nSPS) is 14.5. The van der Waals surface area contributed by atoms with Gasteiger partial charge in [-0.15, -0.1) is 0 Å². The zero-order chi connectivity index (χ0) is 22.8. The molecule has 0 spiro atoms. The van der Waals surface area contributed by atoms with E-state index in [9.17, 15) is 9.18 Å². The van der Waals surface area contributed by atoms with E-state index in [0.29, 0.717) is 40.6 Å². The summed E-state index contributed by atoms with van der Waals surface area (Å²) < 4.78 is 14.9. The molecular weight excluding hydrogens is 419 g/mol. The quantitative estimate of drug-likeness (QED) is 0.329. The lowest BCUT2D eigenvalue weighted by Crippen LogP contribution is -2.23. The van der Waals surface area contributed by atoms with Crippen LogP contribution in [0.4, 0.5) is 10.2 Å². The van der Waals surface area contributed by atoms with E-state index in [0.717, 1.165) is 24.1 Å². The maximum absolute atomic E-state index is 14.9. The van der Waals surface area contributed by atoms with E-state index < -0.39 is 11.7 Å². The summed E-state index contributed by atoms with van der Waals surface area (Å²) in [6.07, 6.45) is 10.9. The molecule has 2 N–H and O–H groups in total. The highest BCUT2D eigenvalue weighted by Crippen LogP contribution is 2.29. The van der Waals surface area contributed by atoms with Crippen molar-refractivity contribution in [2.75, 3.05) is 5.32 Å². The number of H-pyrrole nitrogens is 1. The van der Waals surface area contributed by atoms with Crippen molar-refractivity contribution in [1.82, 2.24) is 24.9 Å². The van der Waals surface area contributed by atoms with Crippen LogP contribution in [-0.2, 0) is 6.42 Å². The minimum atomic E-state index is -0.787. The molecule has 0 aromatic carbocycles. The van der Waals surface area contributed by atoms with Gasteiger partial charge in [-0.05, 0) is 43.5 Å². The van der Waals surface area contributed by atoms with Gasteiger partial charge in [0.05, 0.1) is 16.5 Å². The molecule has 0 saturated heterocycles. The maximum atomic E-state index is 14.9. The Kier molecular flexibility index (Phi) is 5.81. The van der Waals surface area contributed by atoms with Crippen molar-refractivity contribution in [3.8, 4) is 0 Å². The van der Waals surface area contributed by atoms with Crippen LogP contribution >= 0.6 is 0 Å². The third kappa shape index (κ3) is 4.46. The Hall–Kier alpha value is -3.68. The number of nitrogens with one attached hydrogen (secondary N) is 2. The van der Waals surface area contributed by atoms with Crippen LogP contribution in [0.3, 0.4) is 0 Å². The number of pyridine rings is 2. The zero-order valence-electron chi connectivity index (χ0n) is 18.4. The number of aromatic amines is 1. The lowest BCUT2D eigenvalue weighted by Gasteiger charge is -2.23. The third-order valence-corrected chi connectivity index (χ3v) is 6.17. The van der Waals surface area contributed by atoms with Crippen LogP contribution in [0.2, 0.25) is 0 Å². The molecule has 1 aliphatic rings. The fourth-order valence-electron chi connectivity index (χ4n) is 4.39. The second kappa shape index (κ2) is 9.05. The zero-order valence-corrected chi connectivity index (χ0v) is 18.4. The lowest BCUT2D eigenvalue weighted by molar-refractivity contribution is 0.103. The number of hydrogen-bond donors (Lipinski definition) is 2. The van der Waals surface area contributed by atoms with Gasteiger partial charge < -0.3 is 10.3 Å². The molecule has 4 aromatic heterocycles. The molecule has 0 amide bonds. The summed E-state index contributed by atoms with van der Waals surface area (Å²) in [6.45, 7) is 1.91. The van der Waals surface area contributed by atoms with Crippen molar-refractivity contribution in [2.24, 2.45) is 0 Å². The van der Waals surface area contributed by atoms with Crippen LogP contribution in [0, 0.1) is 12.9 Å². The summed E-state index contributed by atoms with van der Waals surface area (Å²) in [6, 6.07) is 7.33. The van der Waals surface area contributed by atoms with Gasteiger partial charge in [-0.3, -0.25) is 9.78 Å². The average molecular weight is 445 g/mol. The second-order valence-electron chi connectivity index (χ2n) is 8.58. The molecule has 4 heterocycles. The fraction of sp³-hybridized carbons (Fsp3) is 0.320. The van der Waals surface area contributed by atoms with Crippen LogP contribution < -0.4 is 5.32 Å². The van der Waals surface area contributed by atoms with Crippen LogP contribution in [0.15, 0.2) is 43.0 Å². The fourth-order valence-corrected chi connectivity index (χ4v) is 4.39.